The number of ketones is 1. The van der Waals surface area contributed by atoms with Crippen molar-refractivity contribution in [3.05, 3.63) is 29.6 Å². The van der Waals surface area contributed by atoms with Gasteiger partial charge in [-0.15, -0.1) is 0 Å². The molecular weight excluding hydrogens is 247 g/mol. The summed E-state index contributed by atoms with van der Waals surface area (Å²) < 4.78 is 23.6. The van der Waals surface area contributed by atoms with Gasteiger partial charge in [0.1, 0.15) is 6.10 Å². The lowest BCUT2D eigenvalue weighted by Gasteiger charge is -2.28. The first-order valence-electron chi connectivity index (χ1n) is 6.17. The number of ether oxygens (including phenoxy) is 2. The van der Waals surface area contributed by atoms with E-state index in [2.05, 4.69) is 0 Å². The Hall–Kier alpha value is -1.42. The maximum atomic E-state index is 13.6. The van der Waals surface area contributed by atoms with Gasteiger partial charge in [-0.2, -0.15) is 0 Å². The number of carbonyl (C=O) groups is 1. The highest BCUT2D eigenvalue weighted by Gasteiger charge is 2.30. The molecule has 0 fully saturated rings. The molecule has 3 nitrogen and oxygen atoms in total. The van der Waals surface area contributed by atoms with E-state index in [1.54, 1.807) is 6.07 Å². The van der Waals surface area contributed by atoms with Gasteiger partial charge in [-0.3, -0.25) is 4.79 Å². The molecule has 0 N–H and O–H groups in total. The SMILES string of the molecule is COc1ccc(CC(=O)C(OC)C(C)(C)C)cc1F. The summed E-state index contributed by atoms with van der Waals surface area (Å²) in [6.07, 6.45) is -0.353. The van der Waals surface area contributed by atoms with Crippen molar-refractivity contribution in [3.63, 3.8) is 0 Å². The minimum Gasteiger partial charge on any atom is -0.494 e. The molecule has 19 heavy (non-hydrogen) atoms. The zero-order valence-corrected chi connectivity index (χ0v) is 12.1. The maximum Gasteiger partial charge on any atom is 0.166 e. The van der Waals surface area contributed by atoms with Crippen LogP contribution in [0, 0.1) is 11.2 Å². The van der Waals surface area contributed by atoms with E-state index in [-0.39, 0.29) is 23.4 Å². The molecule has 1 unspecified atom stereocenters. The smallest absolute Gasteiger partial charge is 0.166 e. The van der Waals surface area contributed by atoms with Gasteiger partial charge in [0.05, 0.1) is 7.11 Å². The topological polar surface area (TPSA) is 35.5 Å². The van der Waals surface area contributed by atoms with Crippen molar-refractivity contribution in [2.75, 3.05) is 14.2 Å². The summed E-state index contributed by atoms with van der Waals surface area (Å²) in [5.41, 5.74) is 0.339. The number of rotatable bonds is 5. The standard InChI is InChI=1S/C15H21FO3/c1-15(2,3)14(19-5)12(17)9-10-6-7-13(18-4)11(16)8-10/h6-8,14H,9H2,1-5H3. The molecule has 1 aromatic carbocycles. The van der Waals surface area contributed by atoms with Crippen LogP contribution >= 0.6 is 0 Å². The van der Waals surface area contributed by atoms with E-state index in [0.29, 0.717) is 5.56 Å². The molecule has 0 heterocycles. The van der Waals surface area contributed by atoms with E-state index in [1.807, 2.05) is 20.8 Å². The Morgan fingerprint density at radius 1 is 1.32 bits per heavy atom. The molecule has 1 atom stereocenters. The summed E-state index contributed by atoms with van der Waals surface area (Å²) in [5, 5.41) is 0. The largest absolute Gasteiger partial charge is 0.494 e. The quantitative estimate of drug-likeness (QED) is 0.823. The van der Waals surface area contributed by atoms with Crippen LogP contribution in [0.3, 0.4) is 0 Å². The molecule has 0 spiro atoms. The number of methoxy groups -OCH3 is 2. The first kappa shape index (κ1) is 15.6. The van der Waals surface area contributed by atoms with Gasteiger partial charge in [-0.25, -0.2) is 4.39 Å². The summed E-state index contributed by atoms with van der Waals surface area (Å²) in [6, 6.07) is 4.54. The first-order valence-corrected chi connectivity index (χ1v) is 6.17. The number of hydrogen-bond donors (Lipinski definition) is 0. The number of hydrogen-bond acceptors (Lipinski definition) is 3. The van der Waals surface area contributed by atoms with E-state index in [9.17, 15) is 9.18 Å². The van der Waals surface area contributed by atoms with Crippen molar-refractivity contribution in [2.24, 2.45) is 5.41 Å². The molecule has 0 bridgehead atoms. The molecule has 0 aliphatic heterocycles. The third-order valence-corrected chi connectivity index (χ3v) is 2.91. The van der Waals surface area contributed by atoms with Crippen LogP contribution in [0.2, 0.25) is 0 Å². The van der Waals surface area contributed by atoms with Gasteiger partial charge in [0.2, 0.25) is 0 Å². The van der Waals surface area contributed by atoms with Crippen LogP contribution in [0.5, 0.6) is 5.75 Å². The van der Waals surface area contributed by atoms with Crippen LogP contribution in [0.1, 0.15) is 26.3 Å². The second kappa shape index (κ2) is 6.15. The maximum absolute atomic E-state index is 13.6. The fraction of sp³-hybridized carbons (Fsp3) is 0.533. The third kappa shape index (κ3) is 4.03. The van der Waals surface area contributed by atoms with Gasteiger partial charge in [-0.05, 0) is 23.1 Å². The van der Waals surface area contributed by atoms with Crippen molar-refractivity contribution >= 4 is 5.78 Å². The van der Waals surface area contributed by atoms with E-state index in [4.69, 9.17) is 9.47 Å². The van der Waals surface area contributed by atoms with Crippen LogP contribution in [0.15, 0.2) is 18.2 Å². The van der Waals surface area contributed by atoms with E-state index >= 15 is 0 Å². The van der Waals surface area contributed by atoms with Crippen molar-refractivity contribution in [1.82, 2.24) is 0 Å². The lowest BCUT2D eigenvalue weighted by atomic mass is 9.84. The molecule has 106 valence electrons. The van der Waals surface area contributed by atoms with Crippen molar-refractivity contribution in [1.29, 1.82) is 0 Å². The number of halogens is 1. The number of benzene rings is 1. The molecule has 0 saturated heterocycles. The van der Waals surface area contributed by atoms with Gasteiger partial charge in [0.15, 0.2) is 17.3 Å². The molecule has 0 aromatic heterocycles. The molecule has 1 rings (SSSR count). The van der Waals surface area contributed by atoms with Gasteiger partial charge in [-0.1, -0.05) is 26.8 Å². The average Bonchev–Trinajstić information content (AvgIpc) is 2.28. The summed E-state index contributed by atoms with van der Waals surface area (Å²) in [7, 11) is 2.92. The van der Waals surface area contributed by atoms with Crippen molar-refractivity contribution < 1.29 is 18.7 Å². The average molecular weight is 268 g/mol. The van der Waals surface area contributed by atoms with E-state index < -0.39 is 11.9 Å². The van der Waals surface area contributed by atoms with Crippen molar-refractivity contribution in [3.8, 4) is 5.75 Å². The zero-order chi connectivity index (χ0) is 14.6. The third-order valence-electron chi connectivity index (χ3n) is 2.91. The van der Waals surface area contributed by atoms with Gasteiger partial charge < -0.3 is 9.47 Å². The van der Waals surface area contributed by atoms with Gasteiger partial charge in [0.25, 0.3) is 0 Å². The van der Waals surface area contributed by atoms with Gasteiger partial charge in [0, 0.05) is 13.5 Å². The fourth-order valence-corrected chi connectivity index (χ4v) is 2.08. The van der Waals surface area contributed by atoms with Crippen LogP contribution < -0.4 is 4.74 Å². The molecular formula is C15H21FO3. The van der Waals surface area contributed by atoms with Crippen molar-refractivity contribution in [2.45, 2.75) is 33.3 Å². The Labute approximate surface area is 113 Å². The van der Waals surface area contributed by atoms with E-state index in [0.717, 1.165) is 0 Å². The highest BCUT2D eigenvalue weighted by atomic mass is 19.1. The first-order chi connectivity index (χ1) is 8.79. The Balaban J connectivity index is 2.85. The molecule has 0 saturated carbocycles. The highest BCUT2D eigenvalue weighted by molar-refractivity contribution is 5.86. The lowest BCUT2D eigenvalue weighted by molar-refractivity contribution is -0.134. The molecule has 0 amide bonds. The summed E-state index contributed by atoms with van der Waals surface area (Å²) in [6.45, 7) is 5.81. The lowest BCUT2D eigenvalue weighted by Crippen LogP contribution is -2.37. The minimum atomic E-state index is -0.502. The van der Waals surface area contributed by atoms with E-state index in [1.165, 1.54) is 26.4 Å². The monoisotopic (exact) mass is 268 g/mol. The molecule has 0 radical (unpaired) electrons. The van der Waals surface area contributed by atoms with Crippen LogP contribution in [-0.2, 0) is 16.0 Å². The summed E-state index contributed by atoms with van der Waals surface area (Å²) in [4.78, 5) is 12.2. The second-order valence-corrected chi connectivity index (χ2v) is 5.59. The summed E-state index contributed by atoms with van der Waals surface area (Å²) >= 11 is 0. The summed E-state index contributed by atoms with van der Waals surface area (Å²) in [5.74, 6) is -0.340. The molecule has 1 aromatic rings. The van der Waals surface area contributed by atoms with Gasteiger partial charge >= 0.3 is 0 Å². The Bertz CT molecular complexity index is 449. The molecule has 0 aliphatic carbocycles. The highest BCUT2D eigenvalue weighted by Crippen LogP contribution is 2.24. The number of carbonyl (C=O) groups excluding carboxylic acids is 1. The predicted molar refractivity (Wildman–Crippen MR) is 71.9 cm³/mol. The predicted octanol–water partition coefficient (Wildman–Crippen LogP) is 3.01. The fourth-order valence-electron chi connectivity index (χ4n) is 2.08. The minimum absolute atomic E-state index is 0.0560. The van der Waals surface area contributed by atoms with Crippen LogP contribution in [0.4, 0.5) is 4.39 Å². The Morgan fingerprint density at radius 2 is 1.95 bits per heavy atom. The molecule has 0 aliphatic rings. The second-order valence-electron chi connectivity index (χ2n) is 5.59. The zero-order valence-electron chi connectivity index (χ0n) is 12.1. The Kier molecular flexibility index (Phi) is 5.06. The van der Waals surface area contributed by atoms with Crippen LogP contribution in [-0.4, -0.2) is 26.1 Å². The number of Topliss-reactive ketones (excluding diaryl/α,β-unsaturated/α-hetero) is 1. The van der Waals surface area contributed by atoms with Crippen LogP contribution in [0.25, 0.3) is 0 Å². The Morgan fingerprint density at radius 3 is 2.37 bits per heavy atom. The normalized spacial score (nSPS) is 13.2. The molecule has 4 heteroatoms.